The Bertz CT molecular complexity index is 2000. The third kappa shape index (κ3) is 3.02. The number of fused-ring (bicyclic) bond motifs is 7. The molecule has 0 amide bonds. The molecule has 2 aromatic heterocycles. The van der Waals surface area contributed by atoms with Gasteiger partial charge in [0.2, 0.25) is 0 Å². The van der Waals surface area contributed by atoms with Crippen LogP contribution in [0.3, 0.4) is 0 Å². The van der Waals surface area contributed by atoms with E-state index in [4.69, 9.17) is 19.9 Å². The summed E-state index contributed by atoms with van der Waals surface area (Å²) in [5, 5.41) is 0. The first kappa shape index (κ1) is 23.2. The van der Waals surface area contributed by atoms with Crippen molar-refractivity contribution < 1.29 is 0 Å². The number of nitrogens with zero attached hydrogens (tertiary/aromatic N) is 4. The molecule has 2 aliphatic carbocycles. The van der Waals surface area contributed by atoms with Crippen molar-refractivity contribution in [1.82, 2.24) is 19.9 Å². The van der Waals surface area contributed by atoms with Gasteiger partial charge in [0.25, 0.3) is 0 Å². The summed E-state index contributed by atoms with van der Waals surface area (Å²) in [7, 11) is 0. The van der Waals surface area contributed by atoms with Gasteiger partial charge in [0.05, 0.1) is 39.2 Å². The van der Waals surface area contributed by atoms with Crippen LogP contribution in [0.1, 0.15) is 50.2 Å². The molecule has 0 radical (unpaired) electrons. The molecule has 4 aromatic carbocycles. The number of para-hydroxylation sites is 2. The first-order valence-corrected chi connectivity index (χ1v) is 13.8. The van der Waals surface area contributed by atoms with E-state index in [0.717, 1.165) is 56.3 Å². The van der Waals surface area contributed by atoms with E-state index in [-0.39, 0.29) is 5.41 Å². The van der Waals surface area contributed by atoms with Gasteiger partial charge in [-0.3, -0.25) is 0 Å². The summed E-state index contributed by atoms with van der Waals surface area (Å²) in [6.45, 7) is 9.03. The van der Waals surface area contributed by atoms with Gasteiger partial charge >= 0.3 is 0 Å². The van der Waals surface area contributed by atoms with Gasteiger partial charge in [0.1, 0.15) is 11.4 Å². The Morgan fingerprint density at radius 2 is 1.02 bits per heavy atom. The predicted octanol–water partition coefficient (Wildman–Crippen LogP) is 8.37. The van der Waals surface area contributed by atoms with Crippen molar-refractivity contribution >= 4 is 11.0 Å². The zero-order valence-corrected chi connectivity index (χ0v) is 23.0. The van der Waals surface area contributed by atoms with Crippen molar-refractivity contribution in [3.63, 3.8) is 0 Å². The Labute approximate surface area is 233 Å². The lowest BCUT2D eigenvalue weighted by Crippen LogP contribution is -2.20. The lowest BCUT2D eigenvalue weighted by Gasteiger charge is -2.26. The molecule has 0 saturated heterocycles. The van der Waals surface area contributed by atoms with Crippen LogP contribution in [0.15, 0.2) is 97.1 Å². The molecular formula is C36H28N4. The van der Waals surface area contributed by atoms with Crippen molar-refractivity contribution in [2.75, 3.05) is 0 Å². The van der Waals surface area contributed by atoms with Gasteiger partial charge in [-0.1, -0.05) is 98.8 Å². The Hall–Kier alpha value is -4.70. The summed E-state index contributed by atoms with van der Waals surface area (Å²) in [6, 6.07) is 33.8. The standard InChI is InChI=1S/C36H28N4/c1-35(2)25-18-9-8-15-22(25)23-16-12-17-24(28(23)35)30-29(21-13-6-5-7-14-21)39-32-31-33(36(3,4)34(32)40-30)38-27-20-11-10-19-26(27)37-31/h5-20H,1-4H3. The van der Waals surface area contributed by atoms with E-state index in [0.29, 0.717) is 0 Å². The maximum atomic E-state index is 5.52. The third-order valence-corrected chi connectivity index (χ3v) is 8.76. The maximum Gasteiger partial charge on any atom is 0.114 e. The van der Waals surface area contributed by atoms with Crippen LogP contribution in [0.4, 0.5) is 0 Å². The molecule has 40 heavy (non-hydrogen) atoms. The fourth-order valence-corrected chi connectivity index (χ4v) is 6.78. The van der Waals surface area contributed by atoms with Crippen molar-refractivity contribution in [2.45, 2.75) is 38.5 Å². The monoisotopic (exact) mass is 516 g/mol. The zero-order valence-electron chi connectivity index (χ0n) is 23.0. The number of hydrogen-bond acceptors (Lipinski definition) is 4. The molecule has 6 aromatic rings. The second kappa shape index (κ2) is 7.92. The highest BCUT2D eigenvalue weighted by Crippen LogP contribution is 2.54. The van der Waals surface area contributed by atoms with Crippen LogP contribution in [0.2, 0.25) is 0 Å². The first-order valence-electron chi connectivity index (χ1n) is 13.8. The van der Waals surface area contributed by atoms with Crippen molar-refractivity contribution in [3.8, 4) is 45.0 Å². The lowest BCUT2D eigenvalue weighted by molar-refractivity contribution is 0.616. The number of aromatic nitrogens is 4. The number of benzene rings is 4. The van der Waals surface area contributed by atoms with Gasteiger partial charge in [0.15, 0.2) is 0 Å². The van der Waals surface area contributed by atoms with Gasteiger partial charge in [0, 0.05) is 16.5 Å². The van der Waals surface area contributed by atoms with E-state index in [1.807, 2.05) is 30.3 Å². The van der Waals surface area contributed by atoms with Crippen molar-refractivity contribution in [2.24, 2.45) is 0 Å². The minimum Gasteiger partial charge on any atom is -0.248 e. The molecule has 0 fully saturated rings. The molecule has 4 heteroatoms. The fraction of sp³-hybridized carbons (Fsp3) is 0.167. The summed E-state index contributed by atoms with van der Waals surface area (Å²) in [6.07, 6.45) is 0. The number of hydrogen-bond donors (Lipinski definition) is 0. The molecule has 2 aliphatic rings. The van der Waals surface area contributed by atoms with Crippen molar-refractivity contribution in [3.05, 3.63) is 120 Å². The van der Waals surface area contributed by atoms with Gasteiger partial charge in [-0.15, -0.1) is 0 Å². The molecular weight excluding hydrogens is 488 g/mol. The summed E-state index contributed by atoms with van der Waals surface area (Å²) in [5.74, 6) is 0. The Kier molecular flexibility index (Phi) is 4.60. The molecule has 2 heterocycles. The maximum absolute atomic E-state index is 5.52. The highest BCUT2D eigenvalue weighted by Gasteiger charge is 2.43. The van der Waals surface area contributed by atoms with E-state index in [1.54, 1.807) is 0 Å². The van der Waals surface area contributed by atoms with E-state index >= 15 is 0 Å². The van der Waals surface area contributed by atoms with Gasteiger partial charge in [-0.2, -0.15) is 0 Å². The molecule has 8 rings (SSSR count). The Balaban J connectivity index is 1.45. The van der Waals surface area contributed by atoms with Crippen molar-refractivity contribution in [1.29, 1.82) is 0 Å². The summed E-state index contributed by atoms with van der Waals surface area (Å²) in [4.78, 5) is 21.1. The molecule has 0 unspecified atom stereocenters. The van der Waals surface area contributed by atoms with Crippen LogP contribution >= 0.6 is 0 Å². The largest absolute Gasteiger partial charge is 0.248 e. The van der Waals surface area contributed by atoms with Crippen LogP contribution in [0, 0.1) is 0 Å². The zero-order chi connectivity index (χ0) is 27.2. The molecule has 4 nitrogen and oxygen atoms in total. The molecule has 0 N–H and O–H groups in total. The van der Waals surface area contributed by atoms with E-state index in [1.165, 1.54) is 22.3 Å². The SMILES string of the molecule is CC1(C)c2nc(-c3cccc4c3C(C)(C)c3ccccc3-4)c(-c3ccccc3)nc2-c2nc3ccccc3nc21. The highest BCUT2D eigenvalue weighted by molar-refractivity contribution is 5.92. The molecule has 0 saturated carbocycles. The predicted molar refractivity (Wildman–Crippen MR) is 161 cm³/mol. The van der Waals surface area contributed by atoms with Gasteiger partial charge < -0.3 is 0 Å². The molecule has 0 atom stereocenters. The average Bonchev–Trinajstić information content (AvgIpc) is 3.35. The Morgan fingerprint density at radius 1 is 0.425 bits per heavy atom. The normalized spacial score (nSPS) is 15.4. The third-order valence-electron chi connectivity index (χ3n) is 8.76. The summed E-state index contributed by atoms with van der Waals surface area (Å²) in [5.41, 5.74) is 13.9. The summed E-state index contributed by atoms with van der Waals surface area (Å²) >= 11 is 0. The highest BCUT2D eigenvalue weighted by atomic mass is 15.0. The second-order valence-corrected chi connectivity index (χ2v) is 11.9. The topological polar surface area (TPSA) is 51.6 Å². The molecule has 0 spiro atoms. The minimum absolute atomic E-state index is 0.170. The van der Waals surface area contributed by atoms with Crippen LogP contribution in [0.25, 0.3) is 56.1 Å². The first-order chi connectivity index (χ1) is 19.4. The average molecular weight is 517 g/mol. The lowest BCUT2D eigenvalue weighted by atomic mass is 9.79. The second-order valence-electron chi connectivity index (χ2n) is 11.9. The summed E-state index contributed by atoms with van der Waals surface area (Å²) < 4.78 is 0. The fourth-order valence-electron chi connectivity index (χ4n) is 6.78. The quantitative estimate of drug-likeness (QED) is 0.232. The van der Waals surface area contributed by atoms with Gasteiger partial charge in [-0.05, 0) is 48.2 Å². The van der Waals surface area contributed by atoms with E-state index in [9.17, 15) is 0 Å². The minimum atomic E-state index is -0.435. The van der Waals surface area contributed by atoms with E-state index < -0.39 is 5.41 Å². The van der Waals surface area contributed by atoms with Crippen LogP contribution in [-0.2, 0) is 10.8 Å². The molecule has 0 bridgehead atoms. The molecule has 0 aliphatic heterocycles. The Morgan fingerprint density at radius 3 is 1.82 bits per heavy atom. The smallest absolute Gasteiger partial charge is 0.114 e. The number of rotatable bonds is 2. The van der Waals surface area contributed by atoms with E-state index in [2.05, 4.69) is 94.4 Å². The van der Waals surface area contributed by atoms with Crippen LogP contribution in [0.5, 0.6) is 0 Å². The van der Waals surface area contributed by atoms with Crippen LogP contribution < -0.4 is 0 Å². The van der Waals surface area contributed by atoms with Gasteiger partial charge in [-0.25, -0.2) is 19.9 Å². The van der Waals surface area contributed by atoms with Crippen LogP contribution in [-0.4, -0.2) is 19.9 Å². The molecule has 192 valence electrons.